The molecule has 0 saturated carbocycles. The van der Waals surface area contributed by atoms with Crippen LogP contribution in [0.1, 0.15) is 39.2 Å². The number of thiophene rings is 1. The summed E-state index contributed by atoms with van der Waals surface area (Å²) in [5, 5.41) is 11.0. The van der Waals surface area contributed by atoms with E-state index in [4.69, 9.17) is 0 Å². The smallest absolute Gasteiger partial charge is 0.191 e. The highest BCUT2D eigenvalue weighted by Gasteiger charge is 2.06. The fourth-order valence-electron chi connectivity index (χ4n) is 1.66. The maximum atomic E-state index is 4.25. The summed E-state index contributed by atoms with van der Waals surface area (Å²) in [5.74, 6) is 1.65. The highest BCUT2D eigenvalue weighted by molar-refractivity contribution is 14.0. The van der Waals surface area contributed by atoms with Crippen LogP contribution >= 0.6 is 35.3 Å². The fraction of sp³-hybridized carbons (Fsp3) is 0.643. The minimum Gasteiger partial charge on any atom is -0.354 e. The molecule has 0 aliphatic rings. The molecule has 110 valence electrons. The lowest BCUT2D eigenvalue weighted by Gasteiger charge is -2.18. The number of nitrogens with one attached hydrogen (secondary N) is 2. The third-order valence-electron chi connectivity index (χ3n) is 2.82. The molecule has 0 radical (unpaired) electrons. The first-order valence-corrected chi connectivity index (χ1v) is 7.54. The van der Waals surface area contributed by atoms with Crippen molar-refractivity contribution in [2.45, 2.75) is 46.2 Å². The van der Waals surface area contributed by atoms with E-state index < -0.39 is 0 Å². The van der Waals surface area contributed by atoms with Crippen LogP contribution in [0.3, 0.4) is 0 Å². The molecule has 0 aromatic carbocycles. The predicted octanol–water partition coefficient (Wildman–Crippen LogP) is 3.86. The van der Waals surface area contributed by atoms with Gasteiger partial charge in [0.25, 0.3) is 0 Å². The highest BCUT2D eigenvalue weighted by Crippen LogP contribution is 2.07. The zero-order chi connectivity index (χ0) is 13.4. The van der Waals surface area contributed by atoms with Crippen LogP contribution in [0.4, 0.5) is 0 Å². The molecule has 1 heterocycles. The van der Waals surface area contributed by atoms with E-state index in [9.17, 15) is 0 Å². The Labute approximate surface area is 138 Å². The van der Waals surface area contributed by atoms with Gasteiger partial charge in [0.2, 0.25) is 0 Å². The molecule has 0 spiro atoms. The van der Waals surface area contributed by atoms with Gasteiger partial charge in [0.05, 0.1) is 0 Å². The third-order valence-corrected chi connectivity index (χ3v) is 3.56. The van der Waals surface area contributed by atoms with Gasteiger partial charge < -0.3 is 10.6 Å². The molecule has 1 aromatic rings. The van der Waals surface area contributed by atoms with Crippen molar-refractivity contribution in [3.63, 3.8) is 0 Å². The third kappa shape index (κ3) is 8.47. The maximum Gasteiger partial charge on any atom is 0.191 e. The van der Waals surface area contributed by atoms with Gasteiger partial charge in [-0.1, -0.05) is 13.8 Å². The van der Waals surface area contributed by atoms with E-state index in [-0.39, 0.29) is 24.0 Å². The number of aliphatic imine (C=N–C) groups is 1. The predicted molar refractivity (Wildman–Crippen MR) is 96.6 cm³/mol. The summed E-state index contributed by atoms with van der Waals surface area (Å²) in [6.45, 7) is 7.56. The average molecular weight is 395 g/mol. The van der Waals surface area contributed by atoms with E-state index in [1.54, 1.807) is 11.3 Å². The molecular weight excluding hydrogens is 369 g/mol. The van der Waals surface area contributed by atoms with Crippen molar-refractivity contribution >= 4 is 41.3 Å². The van der Waals surface area contributed by atoms with E-state index in [1.165, 1.54) is 18.4 Å². The maximum absolute atomic E-state index is 4.25. The van der Waals surface area contributed by atoms with Crippen molar-refractivity contribution in [2.24, 2.45) is 10.9 Å². The van der Waals surface area contributed by atoms with Gasteiger partial charge >= 0.3 is 0 Å². The summed E-state index contributed by atoms with van der Waals surface area (Å²) >= 11 is 1.72. The molecule has 1 aromatic heterocycles. The first-order chi connectivity index (χ1) is 8.61. The molecule has 1 rings (SSSR count). The second kappa shape index (κ2) is 10.5. The number of halogens is 1. The summed E-state index contributed by atoms with van der Waals surface area (Å²) < 4.78 is 0. The topological polar surface area (TPSA) is 36.4 Å². The largest absolute Gasteiger partial charge is 0.354 e. The van der Waals surface area contributed by atoms with Crippen molar-refractivity contribution in [1.29, 1.82) is 0 Å². The Kier molecular flexibility index (Phi) is 10.3. The number of hydrogen-bond acceptors (Lipinski definition) is 2. The minimum atomic E-state index is 0. The van der Waals surface area contributed by atoms with Crippen molar-refractivity contribution in [3.05, 3.63) is 22.4 Å². The molecule has 1 unspecified atom stereocenters. The summed E-state index contributed by atoms with van der Waals surface area (Å²) in [6, 6.07) is 2.59. The standard InChI is InChI=1S/C14H25N3S.HI/c1-11(2)5-6-12(3)17-14(15-4)16-9-13-7-8-18-10-13;/h7-8,10-12H,5-6,9H2,1-4H3,(H2,15,16,17);1H. The van der Waals surface area contributed by atoms with Crippen LogP contribution in [-0.4, -0.2) is 19.0 Å². The summed E-state index contributed by atoms with van der Waals surface area (Å²) in [7, 11) is 1.82. The molecule has 1 atom stereocenters. The molecule has 0 fully saturated rings. The zero-order valence-electron chi connectivity index (χ0n) is 12.3. The van der Waals surface area contributed by atoms with Gasteiger partial charge in [0.1, 0.15) is 0 Å². The highest BCUT2D eigenvalue weighted by atomic mass is 127. The van der Waals surface area contributed by atoms with Crippen molar-refractivity contribution in [1.82, 2.24) is 10.6 Å². The van der Waals surface area contributed by atoms with Gasteiger partial charge in [-0.25, -0.2) is 0 Å². The quantitative estimate of drug-likeness (QED) is 0.436. The Hall–Kier alpha value is -0.300. The van der Waals surface area contributed by atoms with Gasteiger partial charge in [-0.3, -0.25) is 4.99 Å². The summed E-state index contributed by atoms with van der Waals surface area (Å²) in [5.41, 5.74) is 1.30. The van der Waals surface area contributed by atoms with Crippen molar-refractivity contribution < 1.29 is 0 Å². The van der Waals surface area contributed by atoms with E-state index in [0.29, 0.717) is 6.04 Å². The molecule has 0 bridgehead atoms. The van der Waals surface area contributed by atoms with Gasteiger partial charge in [-0.05, 0) is 48.1 Å². The van der Waals surface area contributed by atoms with E-state index in [1.807, 2.05) is 7.05 Å². The van der Waals surface area contributed by atoms with Crippen LogP contribution in [0.2, 0.25) is 0 Å². The van der Waals surface area contributed by atoms with Gasteiger partial charge in [-0.15, -0.1) is 24.0 Å². The number of rotatable bonds is 6. The van der Waals surface area contributed by atoms with Crippen LogP contribution in [0.25, 0.3) is 0 Å². The lowest BCUT2D eigenvalue weighted by molar-refractivity contribution is 0.489. The molecule has 0 amide bonds. The van der Waals surface area contributed by atoms with E-state index >= 15 is 0 Å². The Morgan fingerprint density at radius 1 is 1.32 bits per heavy atom. The monoisotopic (exact) mass is 395 g/mol. The molecule has 0 aliphatic heterocycles. The van der Waals surface area contributed by atoms with Crippen molar-refractivity contribution in [3.8, 4) is 0 Å². The Morgan fingerprint density at radius 3 is 2.58 bits per heavy atom. The van der Waals surface area contributed by atoms with Crippen LogP contribution in [-0.2, 0) is 6.54 Å². The number of nitrogens with zero attached hydrogens (tertiary/aromatic N) is 1. The van der Waals surface area contributed by atoms with Gasteiger partial charge in [-0.2, -0.15) is 11.3 Å². The Bertz CT molecular complexity index is 350. The van der Waals surface area contributed by atoms with E-state index in [0.717, 1.165) is 18.4 Å². The molecule has 5 heteroatoms. The molecule has 3 nitrogen and oxygen atoms in total. The van der Waals surface area contributed by atoms with E-state index in [2.05, 4.69) is 53.2 Å². The lowest BCUT2D eigenvalue weighted by Crippen LogP contribution is -2.41. The molecule has 2 N–H and O–H groups in total. The van der Waals surface area contributed by atoms with Crippen LogP contribution in [0.15, 0.2) is 21.8 Å². The van der Waals surface area contributed by atoms with Crippen LogP contribution in [0, 0.1) is 5.92 Å². The van der Waals surface area contributed by atoms with Crippen molar-refractivity contribution in [2.75, 3.05) is 7.05 Å². The average Bonchev–Trinajstić information content (AvgIpc) is 2.84. The number of guanidine groups is 1. The molecule has 0 saturated heterocycles. The number of hydrogen-bond donors (Lipinski definition) is 2. The SMILES string of the molecule is CN=C(NCc1ccsc1)NC(C)CCC(C)C.I. The normalized spacial score (nSPS) is 13.0. The first kappa shape index (κ1) is 18.7. The zero-order valence-corrected chi connectivity index (χ0v) is 15.4. The minimum absolute atomic E-state index is 0. The molecule has 19 heavy (non-hydrogen) atoms. The fourth-order valence-corrected chi connectivity index (χ4v) is 2.33. The second-order valence-corrected chi connectivity index (χ2v) is 5.85. The first-order valence-electron chi connectivity index (χ1n) is 6.60. The Balaban J connectivity index is 0.00000324. The molecule has 0 aliphatic carbocycles. The summed E-state index contributed by atoms with van der Waals surface area (Å²) in [6.07, 6.45) is 2.42. The van der Waals surface area contributed by atoms with Gasteiger partial charge in [0, 0.05) is 19.6 Å². The lowest BCUT2D eigenvalue weighted by atomic mass is 10.0. The molecular formula is C14H26IN3S. The van der Waals surface area contributed by atoms with Gasteiger partial charge in [0.15, 0.2) is 5.96 Å². The van der Waals surface area contributed by atoms with Crippen LogP contribution < -0.4 is 10.6 Å². The Morgan fingerprint density at radius 2 is 2.05 bits per heavy atom. The van der Waals surface area contributed by atoms with Crippen LogP contribution in [0.5, 0.6) is 0 Å². The summed E-state index contributed by atoms with van der Waals surface area (Å²) in [4.78, 5) is 4.25. The second-order valence-electron chi connectivity index (χ2n) is 5.07.